The Bertz CT molecular complexity index is 966. The summed E-state index contributed by atoms with van der Waals surface area (Å²) in [7, 11) is 0. The fraction of sp³-hybridized carbons (Fsp3) is 0.300. The highest BCUT2D eigenvalue weighted by molar-refractivity contribution is 8.00. The zero-order chi connectivity index (χ0) is 19.0. The van der Waals surface area contributed by atoms with Crippen LogP contribution < -0.4 is 14.8 Å². The molecule has 2 heterocycles. The molecule has 0 radical (unpaired) electrons. The third-order valence-electron chi connectivity index (χ3n) is 4.20. The molecule has 0 saturated carbocycles. The number of H-pyrrole nitrogens is 1. The van der Waals surface area contributed by atoms with E-state index in [1.165, 1.54) is 11.8 Å². The number of amides is 1. The molecule has 7 heteroatoms. The molecule has 1 aliphatic rings. The normalized spacial score (nSPS) is 15.7. The predicted molar refractivity (Wildman–Crippen MR) is 107 cm³/mol. The summed E-state index contributed by atoms with van der Waals surface area (Å²) in [4.78, 5) is 20.2. The van der Waals surface area contributed by atoms with Gasteiger partial charge in [0.05, 0.1) is 22.0 Å². The van der Waals surface area contributed by atoms with Crippen LogP contribution in [0.4, 0.5) is 5.69 Å². The maximum absolute atomic E-state index is 12.3. The maximum Gasteiger partial charge on any atom is 0.246 e. The maximum atomic E-state index is 12.3. The minimum atomic E-state index is -0.678. The first-order chi connectivity index (χ1) is 12.9. The Labute approximate surface area is 161 Å². The van der Waals surface area contributed by atoms with Crippen molar-refractivity contribution in [2.75, 3.05) is 11.1 Å². The zero-order valence-electron chi connectivity index (χ0n) is 15.4. The smallest absolute Gasteiger partial charge is 0.246 e. The van der Waals surface area contributed by atoms with Crippen molar-refractivity contribution in [2.24, 2.45) is 0 Å². The number of fused-ring (bicyclic) bond motifs is 2. The molecule has 0 saturated heterocycles. The van der Waals surface area contributed by atoms with Crippen molar-refractivity contribution in [2.45, 2.75) is 31.8 Å². The number of nitrogens with zero attached hydrogens (tertiary/aromatic N) is 1. The number of hydrogen-bond donors (Lipinski definition) is 2. The quantitative estimate of drug-likeness (QED) is 0.678. The number of aromatic nitrogens is 2. The average Bonchev–Trinajstić information content (AvgIpc) is 3.18. The Kier molecular flexibility index (Phi) is 4.47. The molecule has 140 valence electrons. The number of aromatic amines is 1. The summed E-state index contributed by atoms with van der Waals surface area (Å²) in [5.41, 5.74) is 2.64. The third-order valence-corrected chi connectivity index (χ3v) is 5.35. The largest absolute Gasteiger partial charge is 0.449 e. The van der Waals surface area contributed by atoms with E-state index in [1.807, 2.05) is 57.2 Å². The van der Waals surface area contributed by atoms with Gasteiger partial charge >= 0.3 is 0 Å². The van der Waals surface area contributed by atoms with Crippen LogP contribution in [0.1, 0.15) is 31.8 Å². The van der Waals surface area contributed by atoms with E-state index in [2.05, 4.69) is 15.3 Å². The lowest BCUT2D eigenvalue weighted by Gasteiger charge is -2.16. The van der Waals surface area contributed by atoms with Crippen LogP contribution in [0.15, 0.2) is 42.5 Å². The van der Waals surface area contributed by atoms with Crippen LogP contribution in [-0.4, -0.2) is 27.4 Å². The van der Waals surface area contributed by atoms with Gasteiger partial charge in [0, 0.05) is 25.6 Å². The Morgan fingerprint density at radius 2 is 2.00 bits per heavy atom. The van der Waals surface area contributed by atoms with Crippen LogP contribution in [0.2, 0.25) is 0 Å². The first-order valence-electron chi connectivity index (χ1n) is 8.78. The molecule has 3 aromatic rings. The summed E-state index contributed by atoms with van der Waals surface area (Å²) >= 11 is 1.54. The standard InChI is InChI=1S/C20H21N3O3S/c1-12(19-22-14-6-4-5-7-15(14)23-19)27-11-18(24)21-13-8-9-16-17(10-13)26-20(2,3)25-16/h4-10,12H,11H2,1-3H3,(H,21,24)(H,22,23). The van der Waals surface area contributed by atoms with Gasteiger partial charge in [-0.3, -0.25) is 4.79 Å². The molecule has 0 fully saturated rings. The summed E-state index contributed by atoms with van der Waals surface area (Å²) in [6, 6.07) is 13.3. The third kappa shape index (κ3) is 3.88. The van der Waals surface area contributed by atoms with Gasteiger partial charge < -0.3 is 19.8 Å². The summed E-state index contributed by atoms with van der Waals surface area (Å²) in [5, 5.41) is 2.99. The summed E-state index contributed by atoms with van der Waals surface area (Å²) in [6.45, 7) is 5.74. The number of hydrogen-bond acceptors (Lipinski definition) is 5. The van der Waals surface area contributed by atoms with E-state index in [0.29, 0.717) is 22.9 Å². The summed E-state index contributed by atoms with van der Waals surface area (Å²) < 4.78 is 11.4. The Morgan fingerprint density at radius 3 is 2.81 bits per heavy atom. The van der Waals surface area contributed by atoms with Crippen molar-refractivity contribution >= 4 is 34.4 Å². The SMILES string of the molecule is CC(SCC(=O)Nc1ccc2c(c1)OC(C)(C)O2)c1nc2ccccc2[nH]1. The van der Waals surface area contributed by atoms with Crippen molar-refractivity contribution in [3.63, 3.8) is 0 Å². The number of ether oxygens (including phenoxy) is 2. The van der Waals surface area contributed by atoms with Gasteiger partial charge in [0.1, 0.15) is 5.82 Å². The van der Waals surface area contributed by atoms with Crippen molar-refractivity contribution in [1.29, 1.82) is 0 Å². The minimum absolute atomic E-state index is 0.0684. The summed E-state index contributed by atoms with van der Waals surface area (Å²) in [5.74, 6) is 1.79. The second-order valence-corrected chi connectivity index (χ2v) is 8.24. The average molecular weight is 383 g/mol. The molecule has 2 aromatic carbocycles. The molecular weight excluding hydrogens is 362 g/mol. The van der Waals surface area contributed by atoms with E-state index < -0.39 is 5.79 Å². The molecule has 6 nitrogen and oxygen atoms in total. The highest BCUT2D eigenvalue weighted by Crippen LogP contribution is 2.40. The molecule has 1 amide bonds. The van der Waals surface area contributed by atoms with Crippen LogP contribution in [0.5, 0.6) is 11.5 Å². The number of para-hydroxylation sites is 2. The van der Waals surface area contributed by atoms with Crippen LogP contribution >= 0.6 is 11.8 Å². The van der Waals surface area contributed by atoms with Gasteiger partial charge in [-0.05, 0) is 31.2 Å². The van der Waals surface area contributed by atoms with Crippen molar-refractivity contribution in [3.05, 3.63) is 48.3 Å². The Morgan fingerprint density at radius 1 is 1.22 bits per heavy atom. The van der Waals surface area contributed by atoms with Crippen LogP contribution in [0.3, 0.4) is 0 Å². The highest BCUT2D eigenvalue weighted by atomic mass is 32.2. The monoisotopic (exact) mass is 383 g/mol. The van der Waals surface area contributed by atoms with Gasteiger partial charge in [0.25, 0.3) is 0 Å². The van der Waals surface area contributed by atoms with E-state index >= 15 is 0 Å². The number of nitrogens with one attached hydrogen (secondary N) is 2. The molecule has 27 heavy (non-hydrogen) atoms. The molecule has 0 bridgehead atoms. The van der Waals surface area contributed by atoms with Crippen LogP contribution in [0, 0.1) is 0 Å². The van der Waals surface area contributed by atoms with Gasteiger partial charge in [-0.15, -0.1) is 11.8 Å². The van der Waals surface area contributed by atoms with Crippen LogP contribution in [0.25, 0.3) is 11.0 Å². The van der Waals surface area contributed by atoms with E-state index in [0.717, 1.165) is 16.9 Å². The Balaban J connectivity index is 1.35. The topological polar surface area (TPSA) is 76.2 Å². The molecule has 0 spiro atoms. The fourth-order valence-electron chi connectivity index (χ4n) is 2.94. The lowest BCUT2D eigenvalue weighted by atomic mass is 10.3. The molecular formula is C20H21N3O3S. The molecule has 2 N–H and O–H groups in total. The zero-order valence-corrected chi connectivity index (χ0v) is 16.2. The number of benzene rings is 2. The van der Waals surface area contributed by atoms with E-state index in [-0.39, 0.29) is 11.2 Å². The van der Waals surface area contributed by atoms with Gasteiger partial charge in [-0.1, -0.05) is 12.1 Å². The molecule has 1 atom stereocenters. The molecule has 1 aromatic heterocycles. The van der Waals surface area contributed by atoms with Gasteiger partial charge in [-0.25, -0.2) is 4.98 Å². The predicted octanol–water partition coefficient (Wildman–Crippen LogP) is 4.50. The van der Waals surface area contributed by atoms with Gasteiger partial charge in [-0.2, -0.15) is 0 Å². The van der Waals surface area contributed by atoms with E-state index in [9.17, 15) is 4.79 Å². The van der Waals surface area contributed by atoms with Gasteiger partial charge in [0.2, 0.25) is 11.7 Å². The van der Waals surface area contributed by atoms with Gasteiger partial charge in [0.15, 0.2) is 11.5 Å². The first kappa shape index (κ1) is 17.7. The lowest BCUT2D eigenvalue weighted by Crippen LogP contribution is -2.29. The number of carbonyl (C=O) groups is 1. The molecule has 4 rings (SSSR count). The summed E-state index contributed by atoms with van der Waals surface area (Å²) in [6.07, 6.45) is 0. The number of thioether (sulfide) groups is 1. The Hall–Kier alpha value is -2.67. The number of carbonyl (C=O) groups excluding carboxylic acids is 1. The second-order valence-electron chi connectivity index (χ2n) is 6.91. The number of imidazole rings is 1. The fourth-order valence-corrected chi connectivity index (χ4v) is 3.69. The van der Waals surface area contributed by atoms with Crippen molar-refractivity contribution in [3.8, 4) is 11.5 Å². The minimum Gasteiger partial charge on any atom is -0.449 e. The van der Waals surface area contributed by atoms with Crippen molar-refractivity contribution < 1.29 is 14.3 Å². The second kappa shape index (κ2) is 6.81. The highest BCUT2D eigenvalue weighted by Gasteiger charge is 2.31. The van der Waals surface area contributed by atoms with Crippen LogP contribution in [-0.2, 0) is 4.79 Å². The molecule has 0 aliphatic carbocycles. The van der Waals surface area contributed by atoms with E-state index in [4.69, 9.17) is 9.47 Å². The molecule has 1 aliphatic heterocycles. The van der Waals surface area contributed by atoms with E-state index in [1.54, 1.807) is 6.07 Å². The van der Waals surface area contributed by atoms with Crippen molar-refractivity contribution in [1.82, 2.24) is 9.97 Å². The first-order valence-corrected chi connectivity index (χ1v) is 9.83. The molecule has 1 unspecified atom stereocenters. The lowest BCUT2D eigenvalue weighted by molar-refractivity contribution is -0.113. The number of rotatable bonds is 5. The number of anilines is 1.